The Hall–Kier alpha value is -1.16. The van der Waals surface area contributed by atoms with Gasteiger partial charge in [0, 0.05) is 30.2 Å². The van der Waals surface area contributed by atoms with Gasteiger partial charge in [0.25, 0.3) is 0 Å². The van der Waals surface area contributed by atoms with Crippen LogP contribution in [0.4, 0.5) is 10.2 Å². The molecule has 3 nitrogen and oxygen atoms in total. The van der Waals surface area contributed by atoms with Crippen LogP contribution in [0.3, 0.4) is 0 Å². The molecule has 1 aliphatic heterocycles. The minimum absolute atomic E-state index is 0.124. The van der Waals surface area contributed by atoms with E-state index >= 15 is 0 Å². The molecule has 0 aromatic carbocycles. The molecule has 1 aromatic heterocycles. The third-order valence-corrected chi connectivity index (χ3v) is 4.22. The lowest BCUT2D eigenvalue weighted by atomic mass is 10.0. The number of pyridine rings is 1. The van der Waals surface area contributed by atoms with Crippen molar-refractivity contribution in [3.8, 4) is 0 Å². The van der Waals surface area contributed by atoms with Gasteiger partial charge in [-0.05, 0) is 45.6 Å². The maximum absolute atomic E-state index is 13.5. The fourth-order valence-electron chi connectivity index (χ4n) is 2.89. The van der Waals surface area contributed by atoms with Crippen LogP contribution in [0.1, 0.15) is 45.1 Å². The number of anilines is 1. The topological polar surface area (TPSA) is 28.2 Å². The third-order valence-electron chi connectivity index (χ3n) is 4.22. The highest BCUT2D eigenvalue weighted by Gasteiger charge is 2.34. The van der Waals surface area contributed by atoms with Crippen LogP contribution in [0.15, 0.2) is 12.3 Å². The molecule has 0 bridgehead atoms. The number of rotatable bonds is 4. The Morgan fingerprint density at radius 1 is 1.47 bits per heavy atom. The number of hydrogen-bond acceptors (Lipinski definition) is 3. The maximum Gasteiger partial charge on any atom is 0.141 e. The van der Waals surface area contributed by atoms with Gasteiger partial charge in [-0.3, -0.25) is 0 Å². The predicted octanol–water partition coefficient (Wildman–Crippen LogP) is 2.85. The molecule has 19 heavy (non-hydrogen) atoms. The predicted molar refractivity (Wildman–Crippen MR) is 74.7 cm³/mol. The summed E-state index contributed by atoms with van der Waals surface area (Å²) < 4.78 is 13.5. The molecule has 0 spiro atoms. The van der Waals surface area contributed by atoms with E-state index in [0.717, 1.165) is 24.5 Å². The van der Waals surface area contributed by atoms with Crippen molar-refractivity contribution in [1.82, 2.24) is 10.3 Å². The highest BCUT2D eigenvalue weighted by Crippen LogP contribution is 2.34. The zero-order valence-corrected chi connectivity index (χ0v) is 11.7. The number of aromatic nitrogens is 1. The van der Waals surface area contributed by atoms with E-state index in [2.05, 4.69) is 29.0 Å². The third kappa shape index (κ3) is 2.73. The monoisotopic (exact) mass is 263 g/mol. The lowest BCUT2D eigenvalue weighted by Gasteiger charge is -2.34. The molecule has 2 heterocycles. The van der Waals surface area contributed by atoms with Crippen LogP contribution < -0.4 is 10.2 Å². The Morgan fingerprint density at radius 3 is 2.89 bits per heavy atom. The molecular formula is C15H22FN3. The molecule has 0 atom stereocenters. The normalized spacial score (nSPS) is 21.9. The number of hydrogen-bond donors (Lipinski definition) is 1. The second kappa shape index (κ2) is 4.75. The van der Waals surface area contributed by atoms with E-state index in [4.69, 9.17) is 0 Å². The van der Waals surface area contributed by atoms with Gasteiger partial charge in [0.05, 0.1) is 6.20 Å². The molecule has 1 saturated heterocycles. The van der Waals surface area contributed by atoms with Crippen LogP contribution in [0.25, 0.3) is 0 Å². The number of halogens is 1. The second-order valence-corrected chi connectivity index (χ2v) is 6.36. The van der Waals surface area contributed by atoms with Crippen LogP contribution >= 0.6 is 0 Å². The van der Waals surface area contributed by atoms with Crippen LogP contribution in [0.2, 0.25) is 0 Å². The second-order valence-electron chi connectivity index (χ2n) is 6.36. The minimum atomic E-state index is -0.242. The Bertz CT molecular complexity index is 468. The van der Waals surface area contributed by atoms with E-state index in [9.17, 15) is 4.39 Å². The number of nitrogens with zero attached hydrogens (tertiary/aromatic N) is 2. The first kappa shape index (κ1) is 12.9. The Morgan fingerprint density at radius 2 is 2.26 bits per heavy atom. The summed E-state index contributed by atoms with van der Waals surface area (Å²) in [7, 11) is 0. The molecule has 2 aliphatic rings. The average molecular weight is 263 g/mol. The first-order valence-electron chi connectivity index (χ1n) is 7.22. The van der Waals surface area contributed by atoms with Crippen LogP contribution in [0.5, 0.6) is 0 Å². The summed E-state index contributed by atoms with van der Waals surface area (Å²) in [5.74, 6) is 0.713. The van der Waals surface area contributed by atoms with E-state index in [1.165, 1.54) is 31.9 Å². The highest BCUT2D eigenvalue weighted by molar-refractivity contribution is 5.50. The summed E-state index contributed by atoms with van der Waals surface area (Å²) >= 11 is 0. The summed E-state index contributed by atoms with van der Waals surface area (Å²) in [5, 5.41) is 3.46. The van der Waals surface area contributed by atoms with Crippen LogP contribution in [0, 0.1) is 5.82 Å². The maximum atomic E-state index is 13.5. The van der Waals surface area contributed by atoms with Crippen molar-refractivity contribution in [2.24, 2.45) is 0 Å². The van der Waals surface area contributed by atoms with Crippen molar-refractivity contribution in [2.75, 3.05) is 11.4 Å². The molecule has 0 radical (unpaired) electrons. The van der Waals surface area contributed by atoms with E-state index in [0.29, 0.717) is 6.04 Å². The molecule has 104 valence electrons. The summed E-state index contributed by atoms with van der Waals surface area (Å²) in [6.07, 6.45) is 6.17. The van der Waals surface area contributed by atoms with E-state index in [-0.39, 0.29) is 11.4 Å². The zero-order chi connectivity index (χ0) is 13.5. The lowest BCUT2D eigenvalue weighted by molar-refractivity contribution is 0.510. The fourth-order valence-corrected chi connectivity index (χ4v) is 2.89. The molecule has 3 rings (SSSR count). The van der Waals surface area contributed by atoms with E-state index < -0.39 is 0 Å². The summed E-state index contributed by atoms with van der Waals surface area (Å²) in [6, 6.07) is 2.26. The molecular weight excluding hydrogens is 241 g/mol. The molecule has 1 aromatic rings. The molecule has 0 amide bonds. The summed E-state index contributed by atoms with van der Waals surface area (Å²) in [5.41, 5.74) is 1.11. The molecule has 4 heteroatoms. The Labute approximate surface area is 114 Å². The first-order valence-corrected chi connectivity index (χ1v) is 7.22. The Balaban J connectivity index is 1.86. The molecule has 1 aliphatic carbocycles. The van der Waals surface area contributed by atoms with Gasteiger partial charge in [0.15, 0.2) is 0 Å². The van der Waals surface area contributed by atoms with Crippen molar-refractivity contribution in [2.45, 2.75) is 57.7 Å². The molecule has 1 N–H and O–H groups in total. The van der Waals surface area contributed by atoms with Gasteiger partial charge in [-0.25, -0.2) is 9.37 Å². The highest BCUT2D eigenvalue weighted by atomic mass is 19.1. The van der Waals surface area contributed by atoms with Crippen molar-refractivity contribution in [3.05, 3.63) is 23.6 Å². The van der Waals surface area contributed by atoms with Gasteiger partial charge in [-0.2, -0.15) is 0 Å². The summed E-state index contributed by atoms with van der Waals surface area (Å²) in [6.45, 7) is 6.21. The van der Waals surface area contributed by atoms with Gasteiger partial charge in [0.1, 0.15) is 11.6 Å². The zero-order valence-electron chi connectivity index (χ0n) is 11.7. The van der Waals surface area contributed by atoms with Crippen LogP contribution in [-0.4, -0.2) is 23.1 Å². The Kier molecular flexibility index (Phi) is 3.21. The van der Waals surface area contributed by atoms with E-state index in [1.54, 1.807) is 6.07 Å². The SMILES string of the molecule is CC1(C)CCCN1c1ncc(F)cc1CNC1CC1. The molecule has 2 fully saturated rings. The van der Waals surface area contributed by atoms with Gasteiger partial charge < -0.3 is 10.2 Å². The van der Waals surface area contributed by atoms with Gasteiger partial charge in [-0.1, -0.05) is 0 Å². The largest absolute Gasteiger partial charge is 0.351 e. The quantitative estimate of drug-likeness (QED) is 0.905. The van der Waals surface area contributed by atoms with Gasteiger partial charge in [-0.15, -0.1) is 0 Å². The van der Waals surface area contributed by atoms with Crippen molar-refractivity contribution < 1.29 is 4.39 Å². The standard InChI is InChI=1S/C15H22FN3/c1-15(2)6-3-7-19(15)14-11(8-12(16)10-18-14)9-17-13-4-5-13/h8,10,13,17H,3-7,9H2,1-2H3. The number of nitrogens with one attached hydrogen (secondary N) is 1. The summed E-state index contributed by atoms with van der Waals surface area (Å²) in [4.78, 5) is 6.69. The first-order chi connectivity index (χ1) is 9.06. The average Bonchev–Trinajstić information content (AvgIpc) is 3.11. The molecule has 1 saturated carbocycles. The van der Waals surface area contributed by atoms with Crippen molar-refractivity contribution in [1.29, 1.82) is 0 Å². The van der Waals surface area contributed by atoms with Crippen molar-refractivity contribution in [3.63, 3.8) is 0 Å². The van der Waals surface area contributed by atoms with Gasteiger partial charge >= 0.3 is 0 Å². The van der Waals surface area contributed by atoms with Crippen molar-refractivity contribution >= 4 is 5.82 Å². The smallest absolute Gasteiger partial charge is 0.141 e. The minimum Gasteiger partial charge on any atom is -0.351 e. The lowest BCUT2D eigenvalue weighted by Crippen LogP contribution is -2.39. The van der Waals surface area contributed by atoms with E-state index in [1.807, 2.05) is 0 Å². The molecule has 0 unspecified atom stereocenters. The fraction of sp³-hybridized carbons (Fsp3) is 0.667. The van der Waals surface area contributed by atoms with Gasteiger partial charge in [0.2, 0.25) is 0 Å². The van der Waals surface area contributed by atoms with Crippen LogP contribution in [-0.2, 0) is 6.54 Å².